The SMILES string of the molecule is Br.C1CCC1.N.P. The summed E-state index contributed by atoms with van der Waals surface area (Å²) in [7, 11) is 0. The van der Waals surface area contributed by atoms with Gasteiger partial charge >= 0.3 is 0 Å². The van der Waals surface area contributed by atoms with Crippen LogP contribution in [0.4, 0.5) is 0 Å². The molecule has 48 valence electrons. The molecule has 0 aromatic heterocycles. The van der Waals surface area contributed by atoms with Gasteiger partial charge in [-0.1, -0.05) is 25.7 Å². The molecule has 0 radical (unpaired) electrons. The summed E-state index contributed by atoms with van der Waals surface area (Å²) in [6.45, 7) is 0. The second kappa shape index (κ2) is 9.98. The molecule has 7 heavy (non-hydrogen) atoms. The van der Waals surface area contributed by atoms with E-state index in [0.717, 1.165) is 0 Å². The van der Waals surface area contributed by atoms with Crippen LogP contribution >= 0.6 is 26.9 Å². The number of hydrogen-bond acceptors (Lipinski definition) is 1. The minimum absolute atomic E-state index is 0. The van der Waals surface area contributed by atoms with Crippen molar-refractivity contribution < 1.29 is 0 Å². The maximum atomic E-state index is 1.50. The Morgan fingerprint density at radius 3 is 0.857 bits per heavy atom. The summed E-state index contributed by atoms with van der Waals surface area (Å²) >= 11 is 0. The molecule has 1 saturated carbocycles. The first-order chi connectivity index (χ1) is 2.00. The highest BCUT2D eigenvalue weighted by Gasteiger charge is 1.95. The summed E-state index contributed by atoms with van der Waals surface area (Å²) in [5.41, 5.74) is 0. The smallest absolute Gasteiger partial charge is 0.0533 e. The van der Waals surface area contributed by atoms with Crippen LogP contribution < -0.4 is 6.15 Å². The fourth-order valence-electron chi connectivity index (χ4n) is 0.250. The topological polar surface area (TPSA) is 35.0 Å². The molecule has 1 aliphatic carbocycles. The van der Waals surface area contributed by atoms with Crippen LogP contribution in [0.3, 0.4) is 0 Å². The zero-order valence-corrected chi connectivity index (χ0v) is 7.78. The van der Waals surface area contributed by atoms with Gasteiger partial charge in [0.1, 0.15) is 0 Å². The molecular formula is C4H15BrNP. The maximum Gasteiger partial charge on any atom is -0.0533 e. The first kappa shape index (κ1) is 15.7. The monoisotopic (exact) mass is 187 g/mol. The number of hydrogen-bond donors (Lipinski definition) is 1. The second-order valence-corrected chi connectivity index (χ2v) is 1.41. The van der Waals surface area contributed by atoms with Crippen LogP contribution in [0.15, 0.2) is 0 Å². The molecule has 1 rings (SSSR count). The van der Waals surface area contributed by atoms with E-state index in [2.05, 4.69) is 0 Å². The lowest BCUT2D eigenvalue weighted by atomic mass is 10.0. The van der Waals surface area contributed by atoms with Crippen molar-refractivity contribution in [2.75, 3.05) is 0 Å². The largest absolute Gasteiger partial charge is 0.344 e. The molecule has 1 nitrogen and oxygen atoms in total. The van der Waals surface area contributed by atoms with Gasteiger partial charge in [0.15, 0.2) is 0 Å². The predicted molar refractivity (Wildman–Crippen MR) is 44.9 cm³/mol. The molecule has 0 saturated heterocycles. The van der Waals surface area contributed by atoms with Crippen LogP contribution in [0.2, 0.25) is 0 Å². The molecule has 0 aromatic rings. The first-order valence-electron chi connectivity index (χ1n) is 2.00. The van der Waals surface area contributed by atoms with Crippen molar-refractivity contribution in [3.63, 3.8) is 0 Å². The second-order valence-electron chi connectivity index (χ2n) is 1.41. The Bertz CT molecular complexity index is 19.7. The van der Waals surface area contributed by atoms with Gasteiger partial charge < -0.3 is 6.15 Å². The minimum Gasteiger partial charge on any atom is -0.344 e. The highest BCUT2D eigenvalue weighted by atomic mass is 79.9. The molecule has 0 amide bonds. The minimum atomic E-state index is 0. The molecule has 0 aliphatic heterocycles. The van der Waals surface area contributed by atoms with Crippen molar-refractivity contribution in [2.45, 2.75) is 25.7 Å². The van der Waals surface area contributed by atoms with Gasteiger partial charge in [-0.2, -0.15) is 9.90 Å². The van der Waals surface area contributed by atoms with E-state index in [1.807, 2.05) is 0 Å². The van der Waals surface area contributed by atoms with Gasteiger partial charge in [-0.05, 0) is 0 Å². The molecular weight excluding hydrogens is 173 g/mol. The molecule has 0 spiro atoms. The third-order valence-corrected chi connectivity index (χ3v) is 1.000. The summed E-state index contributed by atoms with van der Waals surface area (Å²) in [5.74, 6) is 0. The average molecular weight is 188 g/mol. The maximum absolute atomic E-state index is 1.50. The lowest BCUT2D eigenvalue weighted by Crippen LogP contribution is -1.85. The Morgan fingerprint density at radius 2 is 0.857 bits per heavy atom. The molecule has 1 aliphatic rings. The molecule has 0 aromatic carbocycles. The summed E-state index contributed by atoms with van der Waals surface area (Å²) in [6, 6.07) is 0. The van der Waals surface area contributed by atoms with Crippen molar-refractivity contribution in [1.82, 2.24) is 6.15 Å². The third kappa shape index (κ3) is 6.87. The summed E-state index contributed by atoms with van der Waals surface area (Å²) in [6.07, 6.45) is 6.00. The van der Waals surface area contributed by atoms with E-state index in [1.54, 1.807) is 0 Å². The van der Waals surface area contributed by atoms with Crippen LogP contribution in [0.5, 0.6) is 0 Å². The van der Waals surface area contributed by atoms with Crippen LogP contribution in [0.1, 0.15) is 25.7 Å². The molecule has 0 bridgehead atoms. The molecule has 1 atom stereocenters. The summed E-state index contributed by atoms with van der Waals surface area (Å²) in [5, 5.41) is 0. The Hall–Kier alpha value is 0.870. The van der Waals surface area contributed by atoms with Crippen molar-refractivity contribution in [3.8, 4) is 0 Å². The zero-order valence-electron chi connectivity index (χ0n) is 4.65. The Balaban J connectivity index is -0.0000000533. The number of halogens is 1. The van der Waals surface area contributed by atoms with E-state index >= 15 is 0 Å². The number of rotatable bonds is 0. The van der Waals surface area contributed by atoms with Gasteiger partial charge in [-0.3, -0.25) is 0 Å². The van der Waals surface area contributed by atoms with Gasteiger partial charge in [0.25, 0.3) is 0 Å². The lowest BCUT2D eigenvalue weighted by Gasteiger charge is -2.05. The van der Waals surface area contributed by atoms with Gasteiger partial charge in [0.05, 0.1) is 0 Å². The van der Waals surface area contributed by atoms with E-state index in [0.29, 0.717) is 0 Å². The van der Waals surface area contributed by atoms with Crippen LogP contribution in [0.25, 0.3) is 0 Å². The van der Waals surface area contributed by atoms with Crippen molar-refractivity contribution in [3.05, 3.63) is 0 Å². The fourth-order valence-corrected chi connectivity index (χ4v) is 0.250. The molecule has 0 heterocycles. The summed E-state index contributed by atoms with van der Waals surface area (Å²) in [4.78, 5) is 0. The fraction of sp³-hybridized carbons (Fsp3) is 1.00. The highest BCUT2D eigenvalue weighted by molar-refractivity contribution is 8.93. The molecule has 1 fully saturated rings. The van der Waals surface area contributed by atoms with Crippen LogP contribution in [-0.2, 0) is 0 Å². The third-order valence-electron chi connectivity index (χ3n) is 1.000. The van der Waals surface area contributed by atoms with E-state index in [4.69, 9.17) is 0 Å². The van der Waals surface area contributed by atoms with Gasteiger partial charge in [-0.25, -0.2) is 0 Å². The van der Waals surface area contributed by atoms with Crippen LogP contribution in [0, 0.1) is 0 Å². The van der Waals surface area contributed by atoms with Crippen molar-refractivity contribution in [1.29, 1.82) is 0 Å². The molecule has 1 unspecified atom stereocenters. The predicted octanol–water partition coefficient (Wildman–Crippen LogP) is 2.36. The molecule has 3 N–H and O–H groups in total. The van der Waals surface area contributed by atoms with E-state index in [1.165, 1.54) is 25.7 Å². The normalized spacial score (nSPS) is 13.7. The van der Waals surface area contributed by atoms with E-state index in [9.17, 15) is 0 Å². The standard InChI is InChI=1S/C4H8.BrH.H3N.H3P/c1-2-4-3-1;;;/h1-4H2;1H;2*1H3. The average Bonchev–Trinajstić information content (AvgIpc) is 0.722. The Labute approximate surface area is 59.2 Å². The molecule has 3 heteroatoms. The van der Waals surface area contributed by atoms with Gasteiger partial charge in [0, 0.05) is 0 Å². The lowest BCUT2D eigenvalue weighted by molar-refractivity contribution is 0.504. The van der Waals surface area contributed by atoms with Gasteiger partial charge in [-0.15, -0.1) is 17.0 Å². The quantitative estimate of drug-likeness (QED) is 0.581. The zero-order chi connectivity index (χ0) is 2.83. The summed E-state index contributed by atoms with van der Waals surface area (Å²) < 4.78 is 0. The van der Waals surface area contributed by atoms with E-state index in [-0.39, 0.29) is 33.0 Å². The van der Waals surface area contributed by atoms with Crippen molar-refractivity contribution >= 4 is 26.9 Å². The van der Waals surface area contributed by atoms with Crippen molar-refractivity contribution in [2.24, 2.45) is 0 Å². The first-order valence-corrected chi connectivity index (χ1v) is 2.00. The Kier molecular flexibility index (Phi) is 22.3. The highest BCUT2D eigenvalue weighted by Crippen LogP contribution is 2.15. The Morgan fingerprint density at radius 1 is 0.714 bits per heavy atom. The van der Waals surface area contributed by atoms with E-state index < -0.39 is 0 Å². The van der Waals surface area contributed by atoms with Crippen LogP contribution in [-0.4, -0.2) is 0 Å². The van der Waals surface area contributed by atoms with Gasteiger partial charge in [0.2, 0.25) is 0 Å².